The first kappa shape index (κ1) is 14.0. The summed E-state index contributed by atoms with van der Waals surface area (Å²) < 4.78 is 2.73. The van der Waals surface area contributed by atoms with E-state index in [9.17, 15) is 14.9 Å². The minimum Gasteiger partial charge on any atom is -0.331 e. The largest absolute Gasteiger partial charge is 0.331 e. The van der Waals surface area contributed by atoms with Gasteiger partial charge in [0.1, 0.15) is 0 Å². The molecule has 5 nitrogen and oxygen atoms in total. The van der Waals surface area contributed by atoms with E-state index in [0.29, 0.717) is 5.39 Å². The van der Waals surface area contributed by atoms with Crippen LogP contribution >= 0.6 is 15.9 Å². The third-order valence-corrected chi connectivity index (χ3v) is 4.31. The number of hydrogen-bond acceptors (Lipinski definition) is 3. The molecule has 1 aromatic heterocycles. The lowest BCUT2D eigenvalue weighted by molar-refractivity contribution is -0.383. The average Bonchev–Trinajstić information content (AvgIpc) is 3.10. The zero-order valence-corrected chi connectivity index (χ0v) is 13.0. The molecule has 0 aliphatic heterocycles. The zero-order chi connectivity index (χ0) is 15.2. The SMILES string of the molecule is CC(=O)/C=C/C1(n2cc([N+](=O)[O-])c3cc(Br)ccc32)CC1. The van der Waals surface area contributed by atoms with E-state index < -0.39 is 0 Å². The lowest BCUT2D eigenvalue weighted by Crippen LogP contribution is -2.13. The standard InChI is InChI=1S/C15H13BrN2O3/c1-10(19)4-5-15(6-7-15)17-9-14(18(20)21)12-8-11(16)2-3-13(12)17/h2-5,8-9H,6-7H2,1H3/b5-4+. The predicted molar refractivity (Wildman–Crippen MR) is 83.3 cm³/mol. The first-order chi connectivity index (χ1) is 9.93. The van der Waals surface area contributed by atoms with Gasteiger partial charge in [0.25, 0.3) is 5.69 Å². The molecule has 0 atom stereocenters. The van der Waals surface area contributed by atoms with Crippen LogP contribution in [0.2, 0.25) is 0 Å². The van der Waals surface area contributed by atoms with Crippen molar-refractivity contribution in [2.24, 2.45) is 0 Å². The Morgan fingerprint density at radius 3 is 2.76 bits per heavy atom. The van der Waals surface area contributed by atoms with Crippen LogP contribution in [0.3, 0.4) is 0 Å². The summed E-state index contributed by atoms with van der Waals surface area (Å²) in [7, 11) is 0. The third kappa shape index (κ3) is 2.40. The summed E-state index contributed by atoms with van der Waals surface area (Å²) in [5.41, 5.74) is 0.607. The van der Waals surface area contributed by atoms with Crippen LogP contribution < -0.4 is 0 Å². The minimum atomic E-state index is -0.365. The van der Waals surface area contributed by atoms with Crippen LogP contribution in [-0.2, 0) is 10.3 Å². The molecule has 21 heavy (non-hydrogen) atoms. The number of carbonyl (C=O) groups excluding carboxylic acids is 1. The minimum absolute atomic E-state index is 0.0185. The normalized spacial score (nSPS) is 16.5. The van der Waals surface area contributed by atoms with Crippen molar-refractivity contribution >= 4 is 38.3 Å². The van der Waals surface area contributed by atoms with Gasteiger partial charge in [-0.3, -0.25) is 14.9 Å². The monoisotopic (exact) mass is 348 g/mol. The Bertz CT molecular complexity index is 788. The second-order valence-corrected chi connectivity index (χ2v) is 6.27. The number of fused-ring (bicyclic) bond motifs is 1. The van der Waals surface area contributed by atoms with Crippen molar-refractivity contribution in [1.29, 1.82) is 0 Å². The Labute approximate surface area is 129 Å². The summed E-state index contributed by atoms with van der Waals surface area (Å²) in [6.07, 6.45) is 6.75. The Kier molecular flexibility index (Phi) is 3.20. The van der Waals surface area contributed by atoms with Gasteiger partial charge in [-0.15, -0.1) is 0 Å². The molecule has 1 fully saturated rings. The number of hydrogen-bond donors (Lipinski definition) is 0. The highest BCUT2D eigenvalue weighted by Gasteiger charge is 2.44. The van der Waals surface area contributed by atoms with Gasteiger partial charge in [-0.1, -0.05) is 22.0 Å². The molecule has 6 heteroatoms. The van der Waals surface area contributed by atoms with Crippen molar-refractivity contribution in [3.8, 4) is 0 Å². The second-order valence-electron chi connectivity index (χ2n) is 5.35. The van der Waals surface area contributed by atoms with Crippen LogP contribution in [-0.4, -0.2) is 15.3 Å². The van der Waals surface area contributed by atoms with Crippen LogP contribution in [0.1, 0.15) is 19.8 Å². The predicted octanol–water partition coefficient (Wildman–Crippen LogP) is 3.95. The summed E-state index contributed by atoms with van der Waals surface area (Å²) in [6.45, 7) is 1.50. The highest BCUT2D eigenvalue weighted by molar-refractivity contribution is 9.10. The highest BCUT2D eigenvalue weighted by atomic mass is 79.9. The van der Waals surface area contributed by atoms with Gasteiger partial charge in [0.15, 0.2) is 5.78 Å². The van der Waals surface area contributed by atoms with E-state index in [4.69, 9.17) is 0 Å². The van der Waals surface area contributed by atoms with Crippen molar-refractivity contribution in [2.45, 2.75) is 25.3 Å². The number of carbonyl (C=O) groups is 1. The van der Waals surface area contributed by atoms with Crippen LogP contribution in [0, 0.1) is 10.1 Å². The molecule has 1 heterocycles. The zero-order valence-electron chi connectivity index (χ0n) is 11.4. The van der Waals surface area contributed by atoms with Crippen molar-refractivity contribution in [1.82, 2.24) is 4.57 Å². The Morgan fingerprint density at radius 2 is 2.19 bits per heavy atom. The van der Waals surface area contributed by atoms with Gasteiger partial charge in [0.05, 0.1) is 27.6 Å². The van der Waals surface area contributed by atoms with E-state index >= 15 is 0 Å². The molecular weight excluding hydrogens is 336 g/mol. The van der Waals surface area contributed by atoms with Crippen LogP contribution in [0.15, 0.2) is 41.0 Å². The van der Waals surface area contributed by atoms with Gasteiger partial charge < -0.3 is 4.57 Å². The maximum absolute atomic E-state index is 11.3. The van der Waals surface area contributed by atoms with Crippen LogP contribution in [0.4, 0.5) is 5.69 Å². The fraction of sp³-hybridized carbons (Fsp3) is 0.267. The lowest BCUT2D eigenvalue weighted by Gasteiger charge is -2.14. The van der Waals surface area contributed by atoms with E-state index in [-0.39, 0.29) is 21.9 Å². The van der Waals surface area contributed by atoms with Gasteiger partial charge in [0.2, 0.25) is 0 Å². The lowest BCUT2D eigenvalue weighted by atomic mass is 10.2. The quantitative estimate of drug-likeness (QED) is 0.477. The van der Waals surface area contributed by atoms with E-state index in [1.54, 1.807) is 18.3 Å². The Hall–Kier alpha value is -1.95. The van der Waals surface area contributed by atoms with Crippen molar-refractivity contribution in [2.75, 3.05) is 0 Å². The van der Waals surface area contributed by atoms with Crippen molar-refractivity contribution in [3.05, 3.63) is 51.1 Å². The molecular formula is C15H13BrN2O3. The van der Waals surface area contributed by atoms with E-state index in [2.05, 4.69) is 15.9 Å². The van der Waals surface area contributed by atoms with E-state index in [1.165, 1.54) is 6.92 Å². The molecule has 108 valence electrons. The van der Waals surface area contributed by atoms with Gasteiger partial charge in [-0.25, -0.2) is 0 Å². The second kappa shape index (κ2) is 4.80. The number of ketones is 1. The number of halogens is 1. The summed E-state index contributed by atoms with van der Waals surface area (Å²) in [6, 6.07) is 5.50. The molecule has 0 amide bonds. The molecule has 0 saturated heterocycles. The van der Waals surface area contributed by atoms with E-state index in [1.807, 2.05) is 22.8 Å². The number of aromatic nitrogens is 1. The van der Waals surface area contributed by atoms with Crippen LogP contribution in [0.5, 0.6) is 0 Å². The maximum atomic E-state index is 11.3. The average molecular weight is 349 g/mol. The van der Waals surface area contributed by atoms with Crippen molar-refractivity contribution in [3.63, 3.8) is 0 Å². The number of benzene rings is 1. The Morgan fingerprint density at radius 1 is 1.48 bits per heavy atom. The third-order valence-electron chi connectivity index (χ3n) is 3.81. The van der Waals surface area contributed by atoms with Gasteiger partial charge in [-0.05, 0) is 44.0 Å². The van der Waals surface area contributed by atoms with Gasteiger partial charge in [0, 0.05) is 4.47 Å². The number of allylic oxidation sites excluding steroid dienone is 2. The van der Waals surface area contributed by atoms with Gasteiger partial charge >= 0.3 is 0 Å². The molecule has 0 radical (unpaired) electrons. The van der Waals surface area contributed by atoms with E-state index in [0.717, 1.165) is 22.8 Å². The Balaban J connectivity index is 2.20. The van der Waals surface area contributed by atoms with Crippen LogP contribution in [0.25, 0.3) is 10.9 Å². The summed E-state index contributed by atoms with van der Waals surface area (Å²) in [4.78, 5) is 22.1. The summed E-state index contributed by atoms with van der Waals surface area (Å²) in [5, 5.41) is 11.9. The maximum Gasteiger partial charge on any atom is 0.294 e. The molecule has 1 saturated carbocycles. The summed E-state index contributed by atoms with van der Waals surface area (Å²) in [5.74, 6) is -0.0185. The molecule has 2 aromatic rings. The molecule has 1 aromatic carbocycles. The fourth-order valence-electron chi connectivity index (χ4n) is 2.59. The molecule has 0 spiro atoms. The fourth-order valence-corrected chi connectivity index (χ4v) is 2.95. The number of nitro groups is 1. The number of rotatable bonds is 4. The molecule has 0 bridgehead atoms. The molecule has 1 aliphatic carbocycles. The molecule has 0 N–H and O–H groups in total. The molecule has 0 unspecified atom stereocenters. The molecule has 3 rings (SSSR count). The summed E-state index contributed by atoms with van der Waals surface area (Å²) >= 11 is 3.35. The van der Waals surface area contributed by atoms with Gasteiger partial charge in [-0.2, -0.15) is 0 Å². The first-order valence-corrected chi connectivity index (χ1v) is 7.37. The first-order valence-electron chi connectivity index (χ1n) is 6.58. The smallest absolute Gasteiger partial charge is 0.294 e. The highest BCUT2D eigenvalue weighted by Crippen LogP contribution is 2.48. The number of nitrogens with zero attached hydrogens (tertiary/aromatic N) is 2. The van der Waals surface area contributed by atoms with Crippen molar-refractivity contribution < 1.29 is 9.72 Å². The topological polar surface area (TPSA) is 65.1 Å². The molecule has 1 aliphatic rings.